The molecule has 0 amide bonds. The molecule has 1 rings (SSSR count). The average Bonchev–Trinajstić information content (AvgIpc) is 2.18. The lowest BCUT2D eigenvalue weighted by Crippen LogP contribution is -1.95. The molecule has 0 radical (unpaired) electrons. The second kappa shape index (κ2) is 6.07. The number of allylic oxidation sites excluding steroid dienone is 1. The maximum absolute atomic E-state index is 5.88. The van der Waals surface area contributed by atoms with Gasteiger partial charge in [-0.1, -0.05) is 41.4 Å². The molecule has 3 heteroatoms. The van der Waals surface area contributed by atoms with E-state index in [0.29, 0.717) is 16.6 Å². The summed E-state index contributed by atoms with van der Waals surface area (Å²) in [6.07, 6.45) is 5.95. The van der Waals surface area contributed by atoms with Crippen LogP contribution in [0, 0.1) is 0 Å². The fraction of sp³-hybridized carbons (Fsp3) is 0.273. The van der Waals surface area contributed by atoms with Crippen LogP contribution in [-0.2, 0) is 6.42 Å². The predicted molar refractivity (Wildman–Crippen MR) is 63.0 cm³/mol. The first-order valence-electron chi connectivity index (χ1n) is 4.53. The van der Waals surface area contributed by atoms with Crippen molar-refractivity contribution in [2.75, 3.05) is 6.54 Å². The van der Waals surface area contributed by atoms with Gasteiger partial charge in [0.1, 0.15) is 0 Å². The van der Waals surface area contributed by atoms with E-state index in [1.807, 2.05) is 18.2 Å². The van der Waals surface area contributed by atoms with Crippen LogP contribution in [0.3, 0.4) is 0 Å². The minimum Gasteiger partial charge on any atom is -0.330 e. The highest BCUT2D eigenvalue weighted by atomic mass is 35.5. The minimum absolute atomic E-state index is 0.598. The Morgan fingerprint density at radius 3 is 2.57 bits per heavy atom. The summed E-state index contributed by atoms with van der Waals surface area (Å²) in [5, 5.41) is 1.21. The predicted octanol–water partition coefficient (Wildman–Crippen LogP) is 3.44. The molecular weight excluding hydrogens is 217 g/mol. The fourth-order valence-electron chi connectivity index (χ4n) is 1.10. The summed E-state index contributed by atoms with van der Waals surface area (Å²) in [5.74, 6) is 0. The molecule has 0 atom stereocenters. The fourth-order valence-corrected chi connectivity index (χ4v) is 1.42. The van der Waals surface area contributed by atoms with Gasteiger partial charge in [0.2, 0.25) is 0 Å². The normalized spacial score (nSPS) is 11.1. The van der Waals surface area contributed by atoms with Crippen LogP contribution in [0.25, 0.3) is 0 Å². The standard InChI is InChI=1S/C11H13Cl2N/c12-10-6-5-9(8-11(10)13)4-2-1-3-7-14/h1-2,5-6,8H,3-4,7,14H2. The lowest BCUT2D eigenvalue weighted by molar-refractivity contribution is 1.00. The second-order valence-electron chi connectivity index (χ2n) is 3.00. The number of hydrogen-bond acceptors (Lipinski definition) is 1. The molecule has 0 spiro atoms. The Morgan fingerprint density at radius 1 is 1.14 bits per heavy atom. The Morgan fingerprint density at radius 2 is 1.93 bits per heavy atom. The van der Waals surface area contributed by atoms with Crippen molar-refractivity contribution >= 4 is 23.2 Å². The van der Waals surface area contributed by atoms with Gasteiger partial charge in [0.25, 0.3) is 0 Å². The highest BCUT2D eigenvalue weighted by Gasteiger charge is 1.97. The minimum atomic E-state index is 0.598. The van der Waals surface area contributed by atoms with Crippen LogP contribution in [0.1, 0.15) is 12.0 Å². The monoisotopic (exact) mass is 229 g/mol. The third kappa shape index (κ3) is 3.70. The van der Waals surface area contributed by atoms with Gasteiger partial charge in [-0.2, -0.15) is 0 Å². The lowest BCUT2D eigenvalue weighted by atomic mass is 10.1. The first-order valence-corrected chi connectivity index (χ1v) is 5.28. The Kier molecular flexibility index (Phi) is 5.02. The van der Waals surface area contributed by atoms with Crippen molar-refractivity contribution in [1.82, 2.24) is 0 Å². The summed E-state index contributed by atoms with van der Waals surface area (Å²) in [6.45, 7) is 0.692. The molecule has 0 saturated heterocycles. The molecule has 1 nitrogen and oxygen atoms in total. The molecule has 0 aliphatic rings. The molecule has 1 aromatic rings. The summed E-state index contributed by atoms with van der Waals surface area (Å²) in [4.78, 5) is 0. The zero-order valence-corrected chi connectivity index (χ0v) is 9.35. The Labute approximate surface area is 94.5 Å². The van der Waals surface area contributed by atoms with E-state index in [0.717, 1.165) is 18.4 Å². The van der Waals surface area contributed by atoms with Gasteiger partial charge < -0.3 is 5.73 Å². The van der Waals surface area contributed by atoms with Crippen LogP contribution in [0.5, 0.6) is 0 Å². The number of nitrogens with two attached hydrogens (primary N) is 1. The number of halogens is 2. The highest BCUT2D eigenvalue weighted by molar-refractivity contribution is 6.42. The van der Waals surface area contributed by atoms with E-state index in [2.05, 4.69) is 12.2 Å². The molecule has 0 aliphatic carbocycles. The van der Waals surface area contributed by atoms with Crippen LogP contribution >= 0.6 is 23.2 Å². The number of rotatable bonds is 4. The van der Waals surface area contributed by atoms with Gasteiger partial charge in [-0.25, -0.2) is 0 Å². The first kappa shape index (κ1) is 11.6. The molecule has 14 heavy (non-hydrogen) atoms. The summed E-state index contributed by atoms with van der Waals surface area (Å²) < 4.78 is 0. The largest absolute Gasteiger partial charge is 0.330 e. The van der Waals surface area contributed by atoms with Crippen LogP contribution in [0.2, 0.25) is 10.0 Å². The Hall–Kier alpha value is -0.500. The van der Waals surface area contributed by atoms with Crippen molar-refractivity contribution in [3.8, 4) is 0 Å². The van der Waals surface area contributed by atoms with E-state index in [4.69, 9.17) is 28.9 Å². The van der Waals surface area contributed by atoms with E-state index < -0.39 is 0 Å². The lowest BCUT2D eigenvalue weighted by Gasteiger charge is -1.99. The average molecular weight is 230 g/mol. The molecule has 0 bridgehead atoms. The summed E-state index contributed by atoms with van der Waals surface area (Å²) in [7, 11) is 0. The van der Waals surface area contributed by atoms with Crippen molar-refractivity contribution < 1.29 is 0 Å². The van der Waals surface area contributed by atoms with E-state index in [-0.39, 0.29) is 0 Å². The van der Waals surface area contributed by atoms with Gasteiger partial charge >= 0.3 is 0 Å². The molecule has 0 fully saturated rings. The van der Waals surface area contributed by atoms with E-state index in [1.54, 1.807) is 0 Å². The van der Waals surface area contributed by atoms with E-state index >= 15 is 0 Å². The van der Waals surface area contributed by atoms with Crippen molar-refractivity contribution in [2.24, 2.45) is 5.73 Å². The second-order valence-corrected chi connectivity index (χ2v) is 3.82. The number of hydrogen-bond donors (Lipinski definition) is 1. The van der Waals surface area contributed by atoms with Crippen LogP contribution < -0.4 is 5.73 Å². The van der Waals surface area contributed by atoms with Gasteiger partial charge in [0.05, 0.1) is 10.0 Å². The summed E-state index contributed by atoms with van der Waals surface area (Å²) in [5.41, 5.74) is 6.52. The molecule has 1 aromatic carbocycles. The van der Waals surface area contributed by atoms with Crippen LogP contribution in [-0.4, -0.2) is 6.54 Å². The molecule has 2 N–H and O–H groups in total. The first-order chi connectivity index (χ1) is 6.74. The zero-order chi connectivity index (χ0) is 10.4. The highest BCUT2D eigenvalue weighted by Crippen LogP contribution is 2.22. The van der Waals surface area contributed by atoms with Gasteiger partial charge in [0, 0.05) is 0 Å². The summed E-state index contributed by atoms with van der Waals surface area (Å²) >= 11 is 11.7. The topological polar surface area (TPSA) is 26.0 Å². The van der Waals surface area contributed by atoms with Crippen molar-refractivity contribution in [2.45, 2.75) is 12.8 Å². The molecule has 0 aliphatic heterocycles. The Balaban J connectivity index is 2.55. The smallest absolute Gasteiger partial charge is 0.0595 e. The zero-order valence-electron chi connectivity index (χ0n) is 7.84. The third-order valence-electron chi connectivity index (χ3n) is 1.84. The van der Waals surface area contributed by atoms with Crippen LogP contribution in [0.15, 0.2) is 30.4 Å². The van der Waals surface area contributed by atoms with Crippen molar-refractivity contribution in [1.29, 1.82) is 0 Å². The molecule has 0 saturated carbocycles. The molecule has 0 aromatic heterocycles. The Bertz CT molecular complexity index is 321. The van der Waals surface area contributed by atoms with Crippen molar-refractivity contribution in [3.63, 3.8) is 0 Å². The SMILES string of the molecule is NCCC=CCc1ccc(Cl)c(Cl)c1. The van der Waals surface area contributed by atoms with Gasteiger partial charge in [-0.3, -0.25) is 0 Å². The van der Waals surface area contributed by atoms with Gasteiger partial charge in [0.15, 0.2) is 0 Å². The maximum atomic E-state index is 5.88. The van der Waals surface area contributed by atoms with E-state index in [9.17, 15) is 0 Å². The van der Waals surface area contributed by atoms with Gasteiger partial charge in [-0.05, 0) is 37.1 Å². The third-order valence-corrected chi connectivity index (χ3v) is 2.58. The summed E-state index contributed by atoms with van der Waals surface area (Å²) in [6, 6.07) is 5.67. The molecule has 0 heterocycles. The van der Waals surface area contributed by atoms with E-state index in [1.165, 1.54) is 0 Å². The molecule has 76 valence electrons. The number of benzene rings is 1. The van der Waals surface area contributed by atoms with Gasteiger partial charge in [-0.15, -0.1) is 0 Å². The molecular formula is C11H13Cl2N. The quantitative estimate of drug-likeness (QED) is 0.787. The maximum Gasteiger partial charge on any atom is 0.0595 e. The molecule has 0 unspecified atom stereocenters. The van der Waals surface area contributed by atoms with Crippen LogP contribution in [0.4, 0.5) is 0 Å². The van der Waals surface area contributed by atoms with Crippen molar-refractivity contribution in [3.05, 3.63) is 46.0 Å².